The first-order valence-electron chi connectivity index (χ1n) is 11.2. The Morgan fingerprint density at radius 1 is 1.19 bits per heavy atom. The molecule has 0 aliphatic heterocycles. The minimum absolute atomic E-state index is 0.313. The molecule has 186 valence electrons. The minimum Gasteiger partial charge on any atom is -0.397 e. The molecule has 0 bridgehead atoms. The van der Waals surface area contributed by atoms with Gasteiger partial charge in [-0.15, -0.1) is 11.3 Å². The SMILES string of the molecule is CCn1nc(C)cc1C(=O)Nc1nc2cc(C=O)sc2n1C/C=C/CNc1ccc(C(N)=O)cc1N. The summed E-state index contributed by atoms with van der Waals surface area (Å²) in [7, 11) is 0. The number of rotatable bonds is 10. The average Bonchev–Trinajstić information content (AvgIpc) is 3.52. The van der Waals surface area contributed by atoms with E-state index in [1.807, 2.05) is 30.6 Å². The highest BCUT2D eigenvalue weighted by Crippen LogP contribution is 2.28. The molecule has 0 aliphatic carbocycles. The fourth-order valence-electron chi connectivity index (χ4n) is 3.70. The van der Waals surface area contributed by atoms with Crippen LogP contribution in [0.3, 0.4) is 0 Å². The highest BCUT2D eigenvalue weighted by Gasteiger charge is 2.19. The van der Waals surface area contributed by atoms with Crippen molar-refractivity contribution >= 4 is 57.1 Å². The van der Waals surface area contributed by atoms with Crippen molar-refractivity contribution in [1.29, 1.82) is 0 Å². The average molecular weight is 507 g/mol. The van der Waals surface area contributed by atoms with Gasteiger partial charge in [0.2, 0.25) is 11.9 Å². The van der Waals surface area contributed by atoms with Crippen LogP contribution in [0.4, 0.5) is 17.3 Å². The van der Waals surface area contributed by atoms with Gasteiger partial charge >= 0.3 is 0 Å². The summed E-state index contributed by atoms with van der Waals surface area (Å²) >= 11 is 1.31. The number of thiophene rings is 1. The lowest BCUT2D eigenvalue weighted by Crippen LogP contribution is -2.19. The number of carbonyl (C=O) groups excluding carboxylic acids is 3. The topological polar surface area (TPSA) is 163 Å². The van der Waals surface area contributed by atoms with Crippen molar-refractivity contribution in [2.45, 2.75) is 26.9 Å². The maximum atomic E-state index is 13.0. The van der Waals surface area contributed by atoms with Gasteiger partial charge < -0.3 is 16.8 Å². The van der Waals surface area contributed by atoms with Gasteiger partial charge in [-0.1, -0.05) is 12.2 Å². The number of aryl methyl sites for hydroxylation is 2. The highest BCUT2D eigenvalue weighted by atomic mass is 32.1. The third kappa shape index (κ3) is 5.13. The van der Waals surface area contributed by atoms with Gasteiger partial charge in [-0.25, -0.2) is 4.98 Å². The molecule has 3 aromatic heterocycles. The number of primary amides is 1. The quantitative estimate of drug-likeness (QED) is 0.146. The summed E-state index contributed by atoms with van der Waals surface area (Å²) in [4.78, 5) is 41.4. The smallest absolute Gasteiger partial charge is 0.276 e. The third-order valence-electron chi connectivity index (χ3n) is 5.42. The van der Waals surface area contributed by atoms with Crippen molar-refractivity contribution in [3.05, 3.63) is 64.3 Å². The van der Waals surface area contributed by atoms with Gasteiger partial charge in [-0.3, -0.25) is 28.9 Å². The first kappa shape index (κ1) is 24.7. The number of aromatic nitrogens is 4. The van der Waals surface area contributed by atoms with E-state index in [0.717, 1.165) is 16.8 Å². The molecule has 0 spiro atoms. The molecule has 4 aromatic rings. The van der Waals surface area contributed by atoms with Crippen LogP contribution in [-0.4, -0.2) is 44.0 Å². The summed E-state index contributed by atoms with van der Waals surface area (Å²) in [5.41, 5.74) is 14.5. The van der Waals surface area contributed by atoms with Crippen LogP contribution in [0.15, 0.2) is 42.5 Å². The number of aldehydes is 1. The van der Waals surface area contributed by atoms with E-state index < -0.39 is 5.91 Å². The van der Waals surface area contributed by atoms with Gasteiger partial charge in [-0.05, 0) is 44.2 Å². The second-order valence-electron chi connectivity index (χ2n) is 7.96. The Kier molecular flexibility index (Phi) is 7.15. The molecule has 2 amide bonds. The van der Waals surface area contributed by atoms with Gasteiger partial charge in [0.1, 0.15) is 16.0 Å². The fraction of sp³-hybridized carbons (Fsp3) is 0.208. The zero-order valence-corrected chi connectivity index (χ0v) is 20.6. The number of nitrogens with two attached hydrogens (primary N) is 2. The normalized spacial score (nSPS) is 11.3. The van der Waals surface area contributed by atoms with E-state index in [9.17, 15) is 14.4 Å². The van der Waals surface area contributed by atoms with Crippen LogP contribution in [0.5, 0.6) is 0 Å². The number of hydrogen-bond acceptors (Lipinski definition) is 8. The third-order valence-corrected chi connectivity index (χ3v) is 6.49. The number of amides is 2. The first-order chi connectivity index (χ1) is 17.3. The van der Waals surface area contributed by atoms with Crippen molar-refractivity contribution in [1.82, 2.24) is 19.3 Å². The summed E-state index contributed by atoms with van der Waals surface area (Å²) in [5.74, 6) is -0.472. The number of nitrogens with zero attached hydrogens (tertiary/aromatic N) is 4. The second-order valence-corrected chi connectivity index (χ2v) is 9.02. The van der Waals surface area contributed by atoms with Crippen LogP contribution in [0.2, 0.25) is 0 Å². The number of nitrogens with one attached hydrogen (secondary N) is 2. The molecule has 36 heavy (non-hydrogen) atoms. The van der Waals surface area contributed by atoms with Crippen LogP contribution in [0.25, 0.3) is 10.3 Å². The maximum Gasteiger partial charge on any atom is 0.276 e. The van der Waals surface area contributed by atoms with E-state index in [4.69, 9.17) is 11.5 Å². The Hall–Kier alpha value is -4.45. The number of hydrogen-bond donors (Lipinski definition) is 4. The Bertz CT molecular complexity index is 1480. The Morgan fingerprint density at radius 3 is 2.69 bits per heavy atom. The monoisotopic (exact) mass is 506 g/mol. The fourth-order valence-corrected chi connectivity index (χ4v) is 4.62. The van der Waals surface area contributed by atoms with Crippen molar-refractivity contribution in [3.63, 3.8) is 0 Å². The highest BCUT2D eigenvalue weighted by molar-refractivity contribution is 7.20. The number of imidazole rings is 1. The molecule has 0 saturated heterocycles. The summed E-state index contributed by atoms with van der Waals surface area (Å²) in [5, 5.41) is 10.4. The van der Waals surface area contributed by atoms with E-state index in [0.29, 0.717) is 58.6 Å². The molecule has 0 atom stereocenters. The first-order valence-corrected chi connectivity index (χ1v) is 12.0. The Balaban J connectivity index is 1.50. The molecular formula is C24H26N8O3S. The van der Waals surface area contributed by atoms with Crippen LogP contribution >= 0.6 is 11.3 Å². The van der Waals surface area contributed by atoms with E-state index in [2.05, 4.69) is 20.7 Å². The van der Waals surface area contributed by atoms with E-state index in [-0.39, 0.29) is 5.91 Å². The number of fused-ring (bicyclic) bond motifs is 1. The number of anilines is 3. The van der Waals surface area contributed by atoms with Gasteiger partial charge in [0.15, 0.2) is 6.29 Å². The summed E-state index contributed by atoms with van der Waals surface area (Å²) < 4.78 is 3.48. The Labute approximate surface area is 210 Å². The number of nitrogen functional groups attached to an aromatic ring is 1. The van der Waals surface area contributed by atoms with Crippen LogP contribution in [0, 0.1) is 6.92 Å². The molecule has 11 nitrogen and oxygen atoms in total. The molecule has 0 saturated carbocycles. The number of benzene rings is 1. The molecule has 1 aromatic carbocycles. The van der Waals surface area contributed by atoms with Crippen molar-refractivity contribution in [2.75, 3.05) is 22.9 Å². The molecular weight excluding hydrogens is 480 g/mol. The molecule has 0 unspecified atom stereocenters. The number of allylic oxidation sites excluding steroid dienone is 1. The predicted molar refractivity (Wildman–Crippen MR) is 141 cm³/mol. The molecule has 0 fully saturated rings. The molecule has 0 aliphatic rings. The van der Waals surface area contributed by atoms with Crippen LogP contribution < -0.4 is 22.1 Å². The molecule has 0 radical (unpaired) electrons. The largest absolute Gasteiger partial charge is 0.397 e. The summed E-state index contributed by atoms with van der Waals surface area (Å²) in [6.45, 7) is 5.20. The minimum atomic E-state index is -0.539. The van der Waals surface area contributed by atoms with Gasteiger partial charge in [0.25, 0.3) is 5.91 Å². The molecule has 12 heteroatoms. The standard InChI is InChI=1S/C24H26N8O3S/c1-3-32-20(10-14(2)30-32)22(35)29-24-28-19-12-16(13-33)36-23(19)31(24)9-5-4-8-27-18-7-6-15(21(26)34)11-17(18)25/h4-7,10-13,27H,3,8-9,25H2,1-2H3,(H2,26,34)(H,28,29,35)/b5-4+. The zero-order valence-electron chi connectivity index (χ0n) is 19.8. The van der Waals surface area contributed by atoms with Crippen molar-refractivity contribution in [2.24, 2.45) is 5.73 Å². The molecule has 6 N–H and O–H groups in total. The van der Waals surface area contributed by atoms with Crippen LogP contribution in [-0.2, 0) is 13.1 Å². The summed E-state index contributed by atoms with van der Waals surface area (Å²) in [6, 6.07) is 8.26. The maximum absolute atomic E-state index is 13.0. The van der Waals surface area contributed by atoms with Crippen molar-refractivity contribution in [3.8, 4) is 0 Å². The summed E-state index contributed by atoms with van der Waals surface area (Å²) in [6.07, 6.45) is 4.60. The zero-order chi connectivity index (χ0) is 25.8. The molecule has 3 heterocycles. The lowest BCUT2D eigenvalue weighted by Gasteiger charge is -2.09. The van der Waals surface area contributed by atoms with Crippen LogP contribution in [0.1, 0.15) is 43.1 Å². The van der Waals surface area contributed by atoms with E-state index >= 15 is 0 Å². The van der Waals surface area contributed by atoms with Gasteiger partial charge in [0, 0.05) is 25.2 Å². The van der Waals surface area contributed by atoms with Gasteiger partial charge in [-0.2, -0.15) is 5.10 Å². The van der Waals surface area contributed by atoms with E-state index in [1.54, 1.807) is 28.9 Å². The predicted octanol–water partition coefficient (Wildman–Crippen LogP) is 3.04. The Morgan fingerprint density at radius 2 is 2.00 bits per heavy atom. The van der Waals surface area contributed by atoms with Gasteiger partial charge in [0.05, 0.1) is 21.9 Å². The lowest BCUT2D eigenvalue weighted by atomic mass is 10.1. The van der Waals surface area contributed by atoms with E-state index in [1.165, 1.54) is 17.4 Å². The second kappa shape index (κ2) is 10.4. The van der Waals surface area contributed by atoms with Crippen molar-refractivity contribution < 1.29 is 14.4 Å². The molecule has 4 rings (SSSR count). The number of carbonyl (C=O) groups is 3. The lowest BCUT2D eigenvalue weighted by molar-refractivity contribution is 0.0996.